The summed E-state index contributed by atoms with van der Waals surface area (Å²) >= 11 is 3.38. The number of methoxy groups -OCH3 is 1. The number of ether oxygens (including phenoxy) is 2. The SMILES string of the molecule is CCOc1c(Br)cc(CCC(=O)[O-])cc1OC. The molecule has 1 aromatic carbocycles. The van der Waals surface area contributed by atoms with E-state index in [1.54, 1.807) is 13.2 Å². The van der Waals surface area contributed by atoms with E-state index >= 15 is 0 Å². The maximum Gasteiger partial charge on any atom is 0.175 e. The normalized spacial score (nSPS) is 10.1. The summed E-state index contributed by atoms with van der Waals surface area (Å²) in [6.07, 6.45) is 0.396. The van der Waals surface area contributed by atoms with Crippen molar-refractivity contribution in [3.8, 4) is 11.5 Å². The van der Waals surface area contributed by atoms with Crippen LogP contribution in [0.3, 0.4) is 0 Å². The second-order valence-corrected chi connectivity index (χ2v) is 4.27. The van der Waals surface area contributed by atoms with E-state index in [1.165, 1.54) is 0 Å². The number of carboxylic acid groups (broad SMARTS) is 1. The van der Waals surface area contributed by atoms with Gasteiger partial charge in [-0.2, -0.15) is 0 Å². The number of carboxylic acids is 1. The van der Waals surface area contributed by atoms with E-state index in [0.717, 1.165) is 10.0 Å². The van der Waals surface area contributed by atoms with Crippen LogP contribution in [-0.2, 0) is 11.2 Å². The van der Waals surface area contributed by atoms with Crippen LogP contribution < -0.4 is 14.6 Å². The fourth-order valence-electron chi connectivity index (χ4n) is 1.45. The van der Waals surface area contributed by atoms with Crippen molar-refractivity contribution in [2.75, 3.05) is 13.7 Å². The lowest BCUT2D eigenvalue weighted by molar-refractivity contribution is -0.305. The molecule has 17 heavy (non-hydrogen) atoms. The summed E-state index contributed by atoms with van der Waals surface area (Å²) in [5.74, 6) is 0.163. The Bertz CT molecular complexity index is 404. The molecule has 0 aliphatic heterocycles. The molecule has 0 saturated heterocycles. The van der Waals surface area contributed by atoms with Crippen molar-refractivity contribution in [1.29, 1.82) is 0 Å². The van der Waals surface area contributed by atoms with Crippen molar-refractivity contribution in [3.63, 3.8) is 0 Å². The van der Waals surface area contributed by atoms with Gasteiger partial charge in [-0.25, -0.2) is 0 Å². The molecule has 0 aliphatic carbocycles. The van der Waals surface area contributed by atoms with Crippen LogP contribution in [0.25, 0.3) is 0 Å². The van der Waals surface area contributed by atoms with Crippen molar-refractivity contribution in [1.82, 2.24) is 0 Å². The van der Waals surface area contributed by atoms with Gasteiger partial charge in [0.25, 0.3) is 0 Å². The largest absolute Gasteiger partial charge is 0.550 e. The molecule has 0 N–H and O–H groups in total. The summed E-state index contributed by atoms with van der Waals surface area (Å²) in [6.45, 7) is 2.42. The van der Waals surface area contributed by atoms with Gasteiger partial charge in [-0.05, 0) is 53.4 Å². The molecule has 0 bridgehead atoms. The van der Waals surface area contributed by atoms with Crippen LogP contribution in [0.5, 0.6) is 11.5 Å². The van der Waals surface area contributed by atoms with E-state index in [4.69, 9.17) is 9.47 Å². The molecular weight excluding hydrogens is 288 g/mol. The standard InChI is InChI=1S/C12H15BrO4/c1-3-17-12-9(13)6-8(4-5-11(14)15)7-10(12)16-2/h6-7H,3-5H2,1-2H3,(H,14,15)/p-1. The zero-order valence-electron chi connectivity index (χ0n) is 9.79. The topological polar surface area (TPSA) is 58.6 Å². The van der Waals surface area contributed by atoms with Gasteiger partial charge in [0.15, 0.2) is 11.5 Å². The van der Waals surface area contributed by atoms with Crippen LogP contribution in [0.1, 0.15) is 18.9 Å². The van der Waals surface area contributed by atoms with Gasteiger partial charge in [-0.3, -0.25) is 0 Å². The van der Waals surface area contributed by atoms with Gasteiger partial charge in [-0.15, -0.1) is 0 Å². The van der Waals surface area contributed by atoms with Crippen molar-refractivity contribution in [3.05, 3.63) is 22.2 Å². The summed E-state index contributed by atoms with van der Waals surface area (Å²) in [5.41, 5.74) is 0.862. The predicted molar refractivity (Wildman–Crippen MR) is 65.2 cm³/mol. The average Bonchev–Trinajstić information content (AvgIpc) is 2.29. The average molecular weight is 302 g/mol. The van der Waals surface area contributed by atoms with Crippen molar-refractivity contribution in [2.45, 2.75) is 19.8 Å². The Morgan fingerprint density at radius 2 is 2.18 bits per heavy atom. The Morgan fingerprint density at radius 1 is 1.47 bits per heavy atom. The molecule has 0 heterocycles. The van der Waals surface area contributed by atoms with Gasteiger partial charge in [0.05, 0.1) is 18.2 Å². The third-order valence-electron chi connectivity index (χ3n) is 2.20. The van der Waals surface area contributed by atoms with Gasteiger partial charge < -0.3 is 19.4 Å². The summed E-state index contributed by atoms with van der Waals surface area (Å²) in [4.78, 5) is 10.4. The molecule has 0 fully saturated rings. The maximum absolute atomic E-state index is 10.4. The van der Waals surface area contributed by atoms with E-state index < -0.39 is 5.97 Å². The van der Waals surface area contributed by atoms with Crippen molar-refractivity contribution >= 4 is 21.9 Å². The summed E-state index contributed by atoms with van der Waals surface area (Å²) in [7, 11) is 1.55. The van der Waals surface area contributed by atoms with E-state index in [0.29, 0.717) is 24.5 Å². The third kappa shape index (κ3) is 3.93. The van der Waals surface area contributed by atoms with E-state index in [1.807, 2.05) is 13.0 Å². The van der Waals surface area contributed by atoms with Gasteiger partial charge in [0.1, 0.15) is 0 Å². The highest BCUT2D eigenvalue weighted by molar-refractivity contribution is 9.10. The molecule has 0 amide bonds. The number of aryl methyl sites for hydroxylation is 1. The van der Waals surface area contributed by atoms with Gasteiger partial charge >= 0.3 is 0 Å². The molecule has 4 nitrogen and oxygen atoms in total. The van der Waals surface area contributed by atoms with E-state index in [2.05, 4.69) is 15.9 Å². The molecule has 0 atom stereocenters. The minimum Gasteiger partial charge on any atom is -0.550 e. The summed E-state index contributed by atoms with van der Waals surface area (Å²) in [6, 6.07) is 3.61. The van der Waals surface area contributed by atoms with Crippen molar-refractivity contribution < 1.29 is 19.4 Å². The van der Waals surface area contributed by atoms with Crippen LogP contribution in [0.15, 0.2) is 16.6 Å². The Hall–Kier alpha value is -1.23. The zero-order chi connectivity index (χ0) is 12.8. The number of rotatable bonds is 6. The number of hydrogen-bond donors (Lipinski definition) is 0. The molecular formula is C12H14BrO4-. The predicted octanol–water partition coefficient (Wildman–Crippen LogP) is 1.54. The van der Waals surface area contributed by atoms with Gasteiger partial charge in [0.2, 0.25) is 0 Å². The molecule has 0 radical (unpaired) electrons. The molecule has 5 heteroatoms. The van der Waals surface area contributed by atoms with Crippen LogP contribution >= 0.6 is 15.9 Å². The zero-order valence-corrected chi connectivity index (χ0v) is 11.4. The van der Waals surface area contributed by atoms with Crippen molar-refractivity contribution in [2.24, 2.45) is 0 Å². The number of carbonyl (C=O) groups is 1. The van der Waals surface area contributed by atoms with Crippen LogP contribution in [0.2, 0.25) is 0 Å². The molecule has 0 aliphatic rings. The number of benzene rings is 1. The smallest absolute Gasteiger partial charge is 0.175 e. The number of halogens is 1. The molecule has 0 spiro atoms. The molecule has 1 rings (SSSR count). The monoisotopic (exact) mass is 301 g/mol. The Kier molecular flexibility index (Phi) is 5.28. The fourth-order valence-corrected chi connectivity index (χ4v) is 2.05. The van der Waals surface area contributed by atoms with Crippen LogP contribution in [0, 0.1) is 0 Å². The molecule has 0 saturated carbocycles. The first-order valence-corrected chi connectivity index (χ1v) is 6.06. The van der Waals surface area contributed by atoms with Crippen LogP contribution in [-0.4, -0.2) is 19.7 Å². The lowest BCUT2D eigenvalue weighted by atomic mass is 10.1. The molecule has 0 aromatic heterocycles. The Balaban J connectivity index is 2.95. The number of aliphatic carboxylic acids is 1. The lowest BCUT2D eigenvalue weighted by Gasteiger charge is -2.13. The quantitative estimate of drug-likeness (QED) is 0.800. The Labute approximate surface area is 109 Å². The second kappa shape index (κ2) is 6.49. The first-order chi connectivity index (χ1) is 8.08. The first kappa shape index (κ1) is 13.8. The lowest BCUT2D eigenvalue weighted by Crippen LogP contribution is -2.22. The Morgan fingerprint density at radius 3 is 2.71 bits per heavy atom. The summed E-state index contributed by atoms with van der Waals surface area (Å²) in [5, 5.41) is 10.4. The second-order valence-electron chi connectivity index (χ2n) is 3.41. The van der Waals surface area contributed by atoms with E-state index in [9.17, 15) is 9.90 Å². The number of hydrogen-bond acceptors (Lipinski definition) is 4. The number of carbonyl (C=O) groups excluding carboxylic acids is 1. The minimum absolute atomic E-state index is 0.0103. The summed E-state index contributed by atoms with van der Waals surface area (Å²) < 4.78 is 11.4. The highest BCUT2D eigenvalue weighted by Crippen LogP contribution is 2.36. The van der Waals surface area contributed by atoms with Gasteiger partial charge in [0, 0.05) is 5.97 Å². The fraction of sp³-hybridized carbons (Fsp3) is 0.417. The highest BCUT2D eigenvalue weighted by Gasteiger charge is 2.11. The molecule has 94 valence electrons. The maximum atomic E-state index is 10.4. The highest BCUT2D eigenvalue weighted by atomic mass is 79.9. The van der Waals surface area contributed by atoms with Gasteiger partial charge in [-0.1, -0.05) is 0 Å². The van der Waals surface area contributed by atoms with Crippen LogP contribution in [0.4, 0.5) is 0 Å². The van der Waals surface area contributed by atoms with E-state index in [-0.39, 0.29) is 6.42 Å². The molecule has 0 unspecified atom stereocenters. The third-order valence-corrected chi connectivity index (χ3v) is 2.78. The minimum atomic E-state index is -1.06. The molecule has 1 aromatic rings. The first-order valence-electron chi connectivity index (χ1n) is 5.27.